The first kappa shape index (κ1) is 23.2. The molecule has 4 aliphatic carbocycles. The first-order valence-electron chi connectivity index (χ1n) is 12.4. The molecule has 1 N–H and O–H groups in total. The van der Waals surface area contributed by atoms with Gasteiger partial charge in [0.05, 0.1) is 11.5 Å². The highest BCUT2D eigenvalue weighted by atomic mass is 16.5. The van der Waals surface area contributed by atoms with Gasteiger partial charge in [0, 0.05) is 23.8 Å². The van der Waals surface area contributed by atoms with E-state index in [0.29, 0.717) is 31.3 Å². The third kappa shape index (κ3) is 2.98. The van der Waals surface area contributed by atoms with Gasteiger partial charge in [0.2, 0.25) is 0 Å². The van der Waals surface area contributed by atoms with Crippen LogP contribution in [-0.2, 0) is 19.1 Å². The second kappa shape index (κ2) is 7.74. The van der Waals surface area contributed by atoms with Crippen LogP contribution in [0, 0.1) is 34.0 Å². The molecule has 0 saturated heterocycles. The van der Waals surface area contributed by atoms with Gasteiger partial charge in [-0.25, -0.2) is 4.79 Å². The lowest BCUT2D eigenvalue weighted by Gasteiger charge is -2.64. The average molecular weight is 463 g/mol. The van der Waals surface area contributed by atoms with Crippen molar-refractivity contribution < 1.29 is 24.2 Å². The monoisotopic (exact) mass is 462 g/mol. The van der Waals surface area contributed by atoms with Gasteiger partial charge in [-0.05, 0) is 60.1 Å². The molecule has 1 spiro atoms. The summed E-state index contributed by atoms with van der Waals surface area (Å²) in [6.07, 6.45) is 4.36. The minimum Gasteiger partial charge on any atom is -0.457 e. The second-order valence-corrected chi connectivity index (χ2v) is 11.6. The molecule has 0 aromatic heterocycles. The molecule has 0 heterocycles. The predicted octanol–water partition coefficient (Wildman–Crippen LogP) is 4.54. The molecule has 7 atom stereocenters. The van der Waals surface area contributed by atoms with Crippen LogP contribution in [0.25, 0.3) is 6.08 Å². The number of ether oxygens (including phenoxy) is 1. The van der Waals surface area contributed by atoms with Crippen molar-refractivity contribution in [3.8, 4) is 0 Å². The molecule has 180 valence electrons. The van der Waals surface area contributed by atoms with E-state index in [-0.39, 0.29) is 34.7 Å². The van der Waals surface area contributed by atoms with E-state index in [9.17, 15) is 19.5 Å². The largest absolute Gasteiger partial charge is 0.457 e. The number of ketones is 2. The molecule has 0 amide bonds. The van der Waals surface area contributed by atoms with Crippen LogP contribution in [0.4, 0.5) is 0 Å². The Morgan fingerprint density at radius 1 is 1.12 bits per heavy atom. The Kier molecular flexibility index (Phi) is 5.29. The lowest BCUT2D eigenvalue weighted by molar-refractivity contribution is -0.228. The first-order valence-corrected chi connectivity index (χ1v) is 12.4. The molecule has 5 nitrogen and oxygen atoms in total. The van der Waals surface area contributed by atoms with E-state index in [1.807, 2.05) is 44.2 Å². The number of hydrogen-bond donors (Lipinski definition) is 1. The third-order valence-electron chi connectivity index (χ3n) is 9.85. The summed E-state index contributed by atoms with van der Waals surface area (Å²) >= 11 is 0. The van der Waals surface area contributed by atoms with Crippen LogP contribution in [0.3, 0.4) is 0 Å². The van der Waals surface area contributed by atoms with E-state index in [4.69, 9.17) is 4.74 Å². The molecule has 4 fully saturated rings. The predicted molar refractivity (Wildman–Crippen MR) is 128 cm³/mol. The highest BCUT2D eigenvalue weighted by Gasteiger charge is 2.75. The Morgan fingerprint density at radius 3 is 2.53 bits per heavy atom. The Balaban J connectivity index is 1.52. The number of esters is 1. The quantitative estimate of drug-likeness (QED) is 0.527. The lowest BCUT2D eigenvalue weighted by Crippen LogP contribution is -2.68. The van der Waals surface area contributed by atoms with Crippen molar-refractivity contribution in [3.05, 3.63) is 54.1 Å². The third-order valence-corrected chi connectivity index (χ3v) is 9.85. The molecular weight excluding hydrogens is 428 g/mol. The van der Waals surface area contributed by atoms with Crippen molar-refractivity contribution in [2.45, 2.75) is 65.1 Å². The minimum absolute atomic E-state index is 0.0283. The average Bonchev–Trinajstić information content (AvgIpc) is 2.92. The van der Waals surface area contributed by atoms with Gasteiger partial charge in [-0.15, -0.1) is 0 Å². The second-order valence-electron chi connectivity index (χ2n) is 11.6. The summed E-state index contributed by atoms with van der Waals surface area (Å²) in [5, 5.41) is 11.7. The summed E-state index contributed by atoms with van der Waals surface area (Å²) in [4.78, 5) is 39.6. The van der Waals surface area contributed by atoms with Crippen LogP contribution < -0.4 is 0 Å². The number of aliphatic hydroxyl groups is 1. The minimum atomic E-state index is -1.18. The van der Waals surface area contributed by atoms with Gasteiger partial charge in [0.1, 0.15) is 11.9 Å². The molecule has 1 aromatic rings. The highest BCUT2D eigenvalue weighted by Crippen LogP contribution is 2.71. The molecule has 5 rings (SSSR count). The van der Waals surface area contributed by atoms with E-state index in [1.54, 1.807) is 6.08 Å². The van der Waals surface area contributed by atoms with E-state index in [0.717, 1.165) is 12.0 Å². The Labute approximate surface area is 201 Å². The molecule has 2 bridgehead atoms. The number of Topliss-reactive ketones (excluding diaryl/α,β-unsaturated/α-hetero) is 2. The summed E-state index contributed by atoms with van der Waals surface area (Å²) in [5.74, 6) is -0.903. The van der Waals surface area contributed by atoms with Gasteiger partial charge in [0.15, 0.2) is 5.78 Å². The topological polar surface area (TPSA) is 80.7 Å². The maximum absolute atomic E-state index is 13.8. The van der Waals surface area contributed by atoms with Gasteiger partial charge >= 0.3 is 5.97 Å². The van der Waals surface area contributed by atoms with Crippen molar-refractivity contribution in [2.75, 3.05) is 0 Å². The SMILES string of the molecule is C=C1C(=O)[C@@]23[C@H](O)C[C@@H]4C(C)(C)C(=O)CC[C@@]4(C)[C@@H]2CC[C@@H]1[C@H]3OC(=O)/C=C/c1ccccc1. The molecule has 5 heteroatoms. The van der Waals surface area contributed by atoms with Crippen LogP contribution in [0.15, 0.2) is 48.6 Å². The fourth-order valence-electron chi connectivity index (χ4n) is 8.18. The molecule has 4 saturated carbocycles. The van der Waals surface area contributed by atoms with Crippen LogP contribution in [0.2, 0.25) is 0 Å². The molecule has 0 aliphatic heterocycles. The van der Waals surface area contributed by atoms with Crippen molar-refractivity contribution in [1.82, 2.24) is 0 Å². The van der Waals surface area contributed by atoms with Gasteiger partial charge in [-0.2, -0.15) is 0 Å². The fourth-order valence-corrected chi connectivity index (χ4v) is 8.18. The molecular formula is C29H34O5. The summed E-state index contributed by atoms with van der Waals surface area (Å²) in [7, 11) is 0. The summed E-state index contributed by atoms with van der Waals surface area (Å²) in [6.45, 7) is 10.2. The van der Waals surface area contributed by atoms with Crippen LogP contribution in [0.1, 0.15) is 58.4 Å². The van der Waals surface area contributed by atoms with Crippen molar-refractivity contribution >= 4 is 23.6 Å². The zero-order valence-corrected chi connectivity index (χ0v) is 20.3. The van der Waals surface area contributed by atoms with Crippen molar-refractivity contribution in [3.63, 3.8) is 0 Å². The van der Waals surface area contributed by atoms with Crippen molar-refractivity contribution in [2.24, 2.45) is 34.0 Å². The molecule has 0 radical (unpaired) electrons. The number of benzene rings is 1. The maximum atomic E-state index is 13.8. The fraction of sp³-hybridized carbons (Fsp3) is 0.552. The Bertz CT molecular complexity index is 1080. The van der Waals surface area contributed by atoms with Gasteiger partial charge in [0.25, 0.3) is 0 Å². The number of fused-ring (bicyclic) bond motifs is 3. The summed E-state index contributed by atoms with van der Waals surface area (Å²) in [6, 6.07) is 9.48. The molecule has 4 aliphatic rings. The smallest absolute Gasteiger partial charge is 0.331 e. The molecule has 34 heavy (non-hydrogen) atoms. The summed E-state index contributed by atoms with van der Waals surface area (Å²) < 4.78 is 6.04. The van der Waals surface area contributed by atoms with Gasteiger partial charge in [-0.3, -0.25) is 9.59 Å². The molecule has 0 unspecified atom stereocenters. The molecule has 1 aromatic carbocycles. The number of carbonyl (C=O) groups is 3. The van der Waals surface area contributed by atoms with Gasteiger partial charge in [-0.1, -0.05) is 57.7 Å². The highest BCUT2D eigenvalue weighted by molar-refractivity contribution is 6.05. The van der Waals surface area contributed by atoms with E-state index in [2.05, 4.69) is 13.5 Å². The van der Waals surface area contributed by atoms with Crippen molar-refractivity contribution in [1.29, 1.82) is 0 Å². The van der Waals surface area contributed by atoms with Gasteiger partial charge < -0.3 is 9.84 Å². The van der Waals surface area contributed by atoms with E-state index >= 15 is 0 Å². The number of rotatable bonds is 3. The zero-order valence-electron chi connectivity index (χ0n) is 20.3. The van der Waals surface area contributed by atoms with Crippen LogP contribution in [-0.4, -0.2) is 34.9 Å². The van der Waals surface area contributed by atoms with Crippen LogP contribution in [0.5, 0.6) is 0 Å². The van der Waals surface area contributed by atoms with Crippen LogP contribution >= 0.6 is 0 Å². The zero-order chi connectivity index (χ0) is 24.5. The lowest BCUT2D eigenvalue weighted by atomic mass is 9.39. The maximum Gasteiger partial charge on any atom is 0.331 e. The number of carbonyl (C=O) groups excluding carboxylic acids is 3. The number of hydrogen-bond acceptors (Lipinski definition) is 5. The first-order chi connectivity index (χ1) is 16.0. The summed E-state index contributed by atoms with van der Waals surface area (Å²) in [5.41, 5.74) is -0.690. The number of aliphatic hydroxyl groups excluding tert-OH is 1. The van der Waals surface area contributed by atoms with E-state index < -0.39 is 29.0 Å². The van der Waals surface area contributed by atoms with E-state index in [1.165, 1.54) is 6.08 Å². The Hall–Kier alpha value is -2.53. The Morgan fingerprint density at radius 2 is 1.82 bits per heavy atom. The standard InChI is InChI=1S/C29H34O5/c1-17-19-11-12-20-28(4)15-14-22(30)27(2,3)21(28)16-23(31)29(20,25(17)33)26(19)34-24(32)13-10-18-8-6-5-7-9-18/h5-10,13,19-21,23,26,31H,1,11-12,14-16H2,2-4H3/b13-10+/t19-,20-,21+,23+,26+,28-,29-/m0/s1. The normalized spacial score (nSPS) is 40.7.